The topological polar surface area (TPSA) is 81.7 Å². The van der Waals surface area contributed by atoms with E-state index < -0.39 is 5.97 Å². The molecule has 2 aliphatic heterocycles. The molecule has 7 heteroatoms. The fourth-order valence-corrected chi connectivity index (χ4v) is 5.20. The van der Waals surface area contributed by atoms with Crippen molar-refractivity contribution in [3.63, 3.8) is 0 Å². The van der Waals surface area contributed by atoms with Crippen molar-refractivity contribution in [2.45, 2.75) is 32.2 Å². The predicted molar refractivity (Wildman–Crippen MR) is 147 cm³/mol. The van der Waals surface area contributed by atoms with Crippen molar-refractivity contribution in [3.8, 4) is 0 Å². The summed E-state index contributed by atoms with van der Waals surface area (Å²) >= 11 is 3.48. The van der Waals surface area contributed by atoms with E-state index in [0.29, 0.717) is 17.7 Å². The fraction of sp³-hybridized carbons (Fsp3) is 0.241. The van der Waals surface area contributed by atoms with Gasteiger partial charge in [0, 0.05) is 28.7 Å². The highest BCUT2D eigenvalue weighted by atomic mass is 79.9. The van der Waals surface area contributed by atoms with Crippen LogP contribution in [0.15, 0.2) is 71.2 Å². The number of carboxylic acids is 1. The van der Waals surface area contributed by atoms with Gasteiger partial charge >= 0.3 is 5.97 Å². The van der Waals surface area contributed by atoms with Gasteiger partial charge in [-0.25, -0.2) is 0 Å². The third-order valence-electron chi connectivity index (χ3n) is 6.65. The van der Waals surface area contributed by atoms with Crippen molar-refractivity contribution >= 4 is 50.5 Å². The number of hydrogen-bond donors (Lipinski definition) is 3. The first-order chi connectivity index (χ1) is 17.5. The minimum Gasteiger partial charge on any atom is -0.481 e. The Kier molecular flexibility index (Phi) is 7.20. The van der Waals surface area contributed by atoms with E-state index in [1.807, 2.05) is 42.5 Å². The summed E-state index contributed by atoms with van der Waals surface area (Å²) in [5.74, 6) is -1.01. The summed E-state index contributed by atoms with van der Waals surface area (Å²) < 4.78 is 0.890. The van der Waals surface area contributed by atoms with Crippen LogP contribution in [0.5, 0.6) is 0 Å². The number of halogens is 1. The first-order valence-electron chi connectivity index (χ1n) is 12.2. The second-order valence-electron chi connectivity index (χ2n) is 9.29. The highest BCUT2D eigenvalue weighted by Crippen LogP contribution is 2.39. The van der Waals surface area contributed by atoms with Gasteiger partial charge in [0.25, 0.3) is 5.91 Å². The van der Waals surface area contributed by atoms with Gasteiger partial charge in [-0.05, 0) is 79.4 Å². The van der Waals surface area contributed by atoms with Crippen molar-refractivity contribution in [2.24, 2.45) is 0 Å². The van der Waals surface area contributed by atoms with E-state index >= 15 is 0 Å². The number of anilines is 2. The maximum Gasteiger partial charge on any atom is 0.303 e. The zero-order valence-corrected chi connectivity index (χ0v) is 21.5. The first kappa shape index (κ1) is 24.3. The van der Waals surface area contributed by atoms with Crippen LogP contribution in [0.4, 0.5) is 11.4 Å². The summed E-state index contributed by atoms with van der Waals surface area (Å²) in [7, 11) is 0. The normalized spacial score (nSPS) is 16.5. The molecule has 0 unspecified atom stereocenters. The lowest BCUT2D eigenvalue weighted by atomic mass is 9.97. The molecule has 1 fully saturated rings. The molecule has 0 aromatic heterocycles. The summed E-state index contributed by atoms with van der Waals surface area (Å²) in [6, 6.07) is 21.9. The van der Waals surface area contributed by atoms with Gasteiger partial charge in [0.05, 0.1) is 17.0 Å². The summed E-state index contributed by atoms with van der Waals surface area (Å²) in [5.41, 5.74) is 6.73. The van der Waals surface area contributed by atoms with Crippen LogP contribution in [0.3, 0.4) is 0 Å². The van der Waals surface area contributed by atoms with E-state index in [4.69, 9.17) is 5.11 Å². The van der Waals surface area contributed by atoms with Crippen molar-refractivity contribution in [2.75, 3.05) is 23.7 Å². The van der Waals surface area contributed by atoms with Crippen molar-refractivity contribution in [1.82, 2.24) is 4.90 Å². The fourth-order valence-electron chi connectivity index (χ4n) is 4.84. The molecule has 2 aliphatic rings. The number of fused-ring (bicyclic) bond motifs is 1. The Morgan fingerprint density at radius 1 is 1.00 bits per heavy atom. The van der Waals surface area contributed by atoms with Crippen LogP contribution < -0.4 is 10.6 Å². The van der Waals surface area contributed by atoms with Crippen LogP contribution in [0, 0.1) is 0 Å². The van der Waals surface area contributed by atoms with Crippen LogP contribution in [0.25, 0.3) is 11.3 Å². The molecule has 3 aromatic rings. The molecule has 1 saturated heterocycles. The number of aliphatic carboxylic acids is 1. The lowest BCUT2D eigenvalue weighted by molar-refractivity contribution is -0.137. The standard InChI is InChI=1S/C29H28BrN3O3/c30-22-9-12-24-25(17-22)32-29(36)27(24)28(21-5-3-4-19(16-21)8-13-26(34)35)31-23-10-6-20(7-11-23)18-33-14-1-2-15-33/h3-7,9-12,16-17,31H,1-2,8,13-15,18H2,(H,32,36)(H,34,35)/b28-27-. The lowest BCUT2D eigenvalue weighted by Crippen LogP contribution is -2.18. The van der Waals surface area contributed by atoms with Gasteiger partial charge in [-0.3, -0.25) is 14.5 Å². The third kappa shape index (κ3) is 5.53. The third-order valence-corrected chi connectivity index (χ3v) is 7.14. The van der Waals surface area contributed by atoms with E-state index in [2.05, 4.69) is 55.7 Å². The summed E-state index contributed by atoms with van der Waals surface area (Å²) in [6.45, 7) is 3.25. The van der Waals surface area contributed by atoms with Gasteiger partial charge < -0.3 is 15.7 Å². The molecule has 0 atom stereocenters. The van der Waals surface area contributed by atoms with Gasteiger partial charge in [0.2, 0.25) is 0 Å². The van der Waals surface area contributed by atoms with Crippen LogP contribution >= 0.6 is 15.9 Å². The van der Waals surface area contributed by atoms with Crippen molar-refractivity contribution in [1.29, 1.82) is 0 Å². The number of benzene rings is 3. The molecular formula is C29H28BrN3O3. The molecule has 3 N–H and O–H groups in total. The van der Waals surface area contributed by atoms with E-state index in [-0.39, 0.29) is 12.3 Å². The molecule has 0 aliphatic carbocycles. The molecule has 3 aromatic carbocycles. The summed E-state index contributed by atoms with van der Waals surface area (Å²) in [6.07, 6.45) is 3.01. The number of nitrogens with zero attached hydrogens (tertiary/aromatic N) is 1. The minimum absolute atomic E-state index is 0.0542. The highest BCUT2D eigenvalue weighted by Gasteiger charge is 2.28. The largest absolute Gasteiger partial charge is 0.481 e. The zero-order valence-electron chi connectivity index (χ0n) is 19.9. The first-order valence-corrected chi connectivity index (χ1v) is 13.0. The maximum absolute atomic E-state index is 13.2. The quantitative estimate of drug-likeness (QED) is 0.302. The molecule has 6 nitrogen and oxygen atoms in total. The van der Waals surface area contributed by atoms with Crippen LogP contribution in [-0.4, -0.2) is 35.0 Å². The molecule has 0 bridgehead atoms. The Morgan fingerprint density at radius 3 is 2.53 bits per heavy atom. The van der Waals surface area contributed by atoms with E-state index in [0.717, 1.165) is 52.2 Å². The number of rotatable bonds is 8. The number of amides is 1. The molecule has 36 heavy (non-hydrogen) atoms. The average molecular weight is 546 g/mol. The van der Waals surface area contributed by atoms with E-state index in [1.54, 1.807) is 0 Å². The Hall–Kier alpha value is -3.42. The molecular weight excluding hydrogens is 518 g/mol. The average Bonchev–Trinajstić information content (AvgIpc) is 3.49. The minimum atomic E-state index is -0.833. The zero-order chi connectivity index (χ0) is 25.1. The Morgan fingerprint density at radius 2 is 1.78 bits per heavy atom. The van der Waals surface area contributed by atoms with Gasteiger partial charge in [-0.2, -0.15) is 0 Å². The Labute approximate surface area is 219 Å². The SMILES string of the molecule is O=C(O)CCc1cccc(/C(Nc2ccc(CN3CCCC3)cc2)=C2/C(=O)Nc3cc(Br)ccc32)c1. The van der Waals surface area contributed by atoms with Crippen molar-refractivity contribution < 1.29 is 14.7 Å². The highest BCUT2D eigenvalue weighted by molar-refractivity contribution is 9.10. The van der Waals surface area contributed by atoms with Crippen molar-refractivity contribution in [3.05, 3.63) is 93.5 Å². The molecule has 184 valence electrons. The van der Waals surface area contributed by atoms with Gasteiger partial charge in [-0.15, -0.1) is 0 Å². The van der Waals surface area contributed by atoms with Gasteiger partial charge in [0.15, 0.2) is 0 Å². The number of hydrogen-bond acceptors (Lipinski definition) is 4. The second-order valence-corrected chi connectivity index (χ2v) is 10.2. The maximum atomic E-state index is 13.2. The molecule has 0 saturated carbocycles. The number of aryl methyl sites for hydroxylation is 1. The van der Waals surface area contributed by atoms with Crippen LogP contribution in [-0.2, 0) is 22.6 Å². The number of carbonyl (C=O) groups excluding carboxylic acids is 1. The predicted octanol–water partition coefficient (Wildman–Crippen LogP) is 5.99. The van der Waals surface area contributed by atoms with E-state index in [9.17, 15) is 9.59 Å². The van der Waals surface area contributed by atoms with Crippen LogP contribution in [0.1, 0.15) is 41.5 Å². The summed E-state index contributed by atoms with van der Waals surface area (Å²) in [5, 5.41) is 15.6. The smallest absolute Gasteiger partial charge is 0.303 e. The van der Waals surface area contributed by atoms with Gasteiger partial charge in [0.1, 0.15) is 0 Å². The van der Waals surface area contributed by atoms with Gasteiger partial charge in [-0.1, -0.05) is 52.3 Å². The molecule has 1 amide bonds. The molecule has 0 spiro atoms. The Bertz CT molecular complexity index is 1330. The van der Waals surface area contributed by atoms with E-state index in [1.165, 1.54) is 18.4 Å². The Balaban J connectivity index is 1.51. The number of likely N-dealkylation sites (tertiary alicyclic amines) is 1. The van der Waals surface area contributed by atoms with Crippen LogP contribution in [0.2, 0.25) is 0 Å². The molecule has 0 radical (unpaired) electrons. The number of nitrogens with one attached hydrogen (secondary N) is 2. The molecule has 2 heterocycles. The monoisotopic (exact) mass is 545 g/mol. The number of carboxylic acid groups (broad SMARTS) is 1. The second kappa shape index (κ2) is 10.7. The number of carbonyl (C=O) groups is 2. The summed E-state index contributed by atoms with van der Waals surface area (Å²) in [4.78, 5) is 26.8. The molecule has 5 rings (SSSR count). The lowest BCUT2D eigenvalue weighted by Gasteiger charge is -2.17.